The van der Waals surface area contributed by atoms with E-state index in [4.69, 9.17) is 26.1 Å². The number of hydrogen-bond donors (Lipinski definition) is 10. The normalized spacial score (nSPS) is 14.5. The summed E-state index contributed by atoms with van der Waals surface area (Å²) in [6.45, 7) is 15.9. The standard InChI is InChI=1S/C45H74N14O12S/c1-13-28(57-49-11)22-26(3)58(12)34-18-21-50-41(55-34)59(29-15-14-25(2)33(23-29)72(48,68)69)35(61)24-30(46)38(63)54-32(17-20-52-43(67)71-45(8,9)10)39(64)56-36(27(4)60)40(65)53-31(37(47)62)16-19-51-42(66)70-44(5,6)7/h14-15,18,21,23,26-27,30-32,36,49,60H,13,16-17,19-20,22,24,46H2,1-12H3,(H2,47,62)(H,51,66)(H,52,67)(H,53,65)(H,54,63)(H,56,64)(H2,48,68,69)/b57-28+/t26?,27-,30+,31+,32-,36+/m1/s1. The molecular weight excluding hydrogens is 961 g/mol. The number of aliphatic hydroxyl groups excluding tert-OH is 1. The van der Waals surface area contributed by atoms with Crippen LogP contribution in [0, 0.1) is 6.92 Å². The highest BCUT2D eigenvalue weighted by Crippen LogP contribution is 2.29. The highest BCUT2D eigenvalue weighted by molar-refractivity contribution is 7.89. The topological polar surface area (TPSA) is 387 Å². The van der Waals surface area contributed by atoms with Crippen LogP contribution in [-0.4, -0.2) is 146 Å². The molecule has 6 atom stereocenters. The lowest BCUT2D eigenvalue weighted by molar-refractivity contribution is -0.135. The number of rotatable bonds is 25. The van der Waals surface area contributed by atoms with Crippen molar-refractivity contribution in [2.75, 3.05) is 37.0 Å². The van der Waals surface area contributed by atoms with E-state index >= 15 is 0 Å². The van der Waals surface area contributed by atoms with Crippen molar-refractivity contribution in [2.45, 2.75) is 154 Å². The number of ether oxygens (including phenoxy) is 2. The number of alkyl carbamates (subject to hydrolysis) is 2. The molecule has 27 heteroatoms. The molecule has 0 saturated carbocycles. The van der Waals surface area contributed by atoms with Gasteiger partial charge in [-0.05, 0) is 105 Å². The third-order valence-corrected chi connectivity index (χ3v) is 11.4. The molecule has 0 fully saturated rings. The summed E-state index contributed by atoms with van der Waals surface area (Å²) in [5, 5.41) is 32.5. The van der Waals surface area contributed by atoms with Crippen molar-refractivity contribution in [3.8, 4) is 0 Å². The predicted molar refractivity (Wildman–Crippen MR) is 268 cm³/mol. The molecule has 0 radical (unpaired) electrons. The number of nitrogens with one attached hydrogen (secondary N) is 6. The summed E-state index contributed by atoms with van der Waals surface area (Å²) < 4.78 is 35.7. The van der Waals surface area contributed by atoms with Gasteiger partial charge >= 0.3 is 12.2 Å². The van der Waals surface area contributed by atoms with Gasteiger partial charge in [0.25, 0.3) is 0 Å². The Balaban J connectivity index is 2.50. The number of nitrogens with zero attached hydrogens (tertiary/aromatic N) is 5. The first kappa shape index (κ1) is 61.4. The van der Waals surface area contributed by atoms with Gasteiger partial charge in [-0.15, -0.1) is 0 Å². The van der Waals surface area contributed by atoms with Crippen LogP contribution in [-0.2, 0) is 43.5 Å². The fourth-order valence-corrected chi connectivity index (χ4v) is 7.37. The largest absolute Gasteiger partial charge is 0.444 e. The van der Waals surface area contributed by atoms with Crippen molar-refractivity contribution in [3.63, 3.8) is 0 Å². The number of aromatic nitrogens is 2. The van der Waals surface area contributed by atoms with E-state index in [-0.39, 0.29) is 54.1 Å². The van der Waals surface area contributed by atoms with E-state index in [1.54, 1.807) is 61.7 Å². The summed E-state index contributed by atoms with van der Waals surface area (Å²) >= 11 is 0. The monoisotopic (exact) mass is 1030 g/mol. The Morgan fingerprint density at radius 1 is 0.847 bits per heavy atom. The maximum atomic E-state index is 14.4. The highest BCUT2D eigenvalue weighted by Gasteiger charge is 2.34. The van der Waals surface area contributed by atoms with Gasteiger partial charge in [0.2, 0.25) is 45.5 Å². The minimum Gasteiger partial charge on any atom is -0.444 e. The number of hydrogen-bond acceptors (Lipinski definition) is 18. The van der Waals surface area contributed by atoms with Crippen molar-refractivity contribution in [3.05, 3.63) is 36.0 Å². The lowest BCUT2D eigenvalue weighted by Gasteiger charge is -2.28. The fraction of sp³-hybridized carbons (Fsp3) is 0.600. The molecule has 0 spiro atoms. The van der Waals surface area contributed by atoms with Crippen LogP contribution < -0.4 is 58.4 Å². The van der Waals surface area contributed by atoms with Crippen LogP contribution in [0.5, 0.6) is 0 Å². The van der Waals surface area contributed by atoms with Crippen LogP contribution in [0.2, 0.25) is 0 Å². The van der Waals surface area contributed by atoms with E-state index < -0.39 is 99.6 Å². The molecule has 1 unspecified atom stereocenters. The van der Waals surface area contributed by atoms with E-state index in [2.05, 4.69) is 47.1 Å². The van der Waals surface area contributed by atoms with Crippen molar-refractivity contribution >= 4 is 74.9 Å². The molecule has 0 saturated heterocycles. The first-order chi connectivity index (χ1) is 33.3. The average molecular weight is 1040 g/mol. The molecule has 26 nitrogen and oxygen atoms in total. The van der Waals surface area contributed by atoms with Crippen molar-refractivity contribution in [1.29, 1.82) is 0 Å². The van der Waals surface area contributed by atoms with Gasteiger partial charge in [-0.25, -0.2) is 33.0 Å². The van der Waals surface area contributed by atoms with Gasteiger partial charge in [-0.1, -0.05) is 13.0 Å². The molecule has 0 aliphatic carbocycles. The summed E-state index contributed by atoms with van der Waals surface area (Å²) in [6.07, 6.45) is -2.00. The Kier molecular flexibility index (Phi) is 23.2. The van der Waals surface area contributed by atoms with E-state index in [1.165, 1.54) is 32.2 Å². The third kappa shape index (κ3) is 20.6. The summed E-state index contributed by atoms with van der Waals surface area (Å²) in [4.78, 5) is 104. The van der Waals surface area contributed by atoms with Gasteiger partial charge in [-0.2, -0.15) is 10.1 Å². The van der Waals surface area contributed by atoms with Gasteiger partial charge in [0.05, 0.1) is 29.1 Å². The van der Waals surface area contributed by atoms with Gasteiger partial charge in [-0.3, -0.25) is 24.0 Å². The van der Waals surface area contributed by atoms with Crippen LogP contribution in [0.4, 0.5) is 27.0 Å². The summed E-state index contributed by atoms with van der Waals surface area (Å²) in [7, 11) is -0.845. The molecule has 0 aliphatic heterocycles. The quantitative estimate of drug-likeness (QED) is 0.0468. The molecular formula is C45H74N14O12S. The van der Waals surface area contributed by atoms with Crippen molar-refractivity contribution in [2.24, 2.45) is 21.7 Å². The van der Waals surface area contributed by atoms with E-state index in [9.17, 15) is 47.1 Å². The maximum absolute atomic E-state index is 14.4. The number of carbonyl (C=O) groups is 7. The van der Waals surface area contributed by atoms with Crippen LogP contribution >= 0.6 is 0 Å². The number of anilines is 3. The van der Waals surface area contributed by atoms with Gasteiger partial charge in [0, 0.05) is 51.6 Å². The first-order valence-corrected chi connectivity index (χ1v) is 24.6. The second-order valence-electron chi connectivity index (χ2n) is 18.9. The molecule has 402 valence electrons. The van der Waals surface area contributed by atoms with E-state index in [1.807, 2.05) is 18.7 Å². The summed E-state index contributed by atoms with van der Waals surface area (Å²) in [6, 6.07) is -1.04. The Morgan fingerprint density at radius 2 is 1.40 bits per heavy atom. The third-order valence-electron chi connectivity index (χ3n) is 10.3. The molecule has 13 N–H and O–H groups in total. The summed E-state index contributed by atoms with van der Waals surface area (Å²) in [5.74, 6) is -4.97. The van der Waals surface area contributed by atoms with Crippen LogP contribution in [0.25, 0.3) is 0 Å². The molecule has 72 heavy (non-hydrogen) atoms. The van der Waals surface area contributed by atoms with Crippen LogP contribution in [0.1, 0.15) is 100.0 Å². The molecule has 0 aliphatic rings. The molecule has 1 aromatic heterocycles. The van der Waals surface area contributed by atoms with Gasteiger partial charge in [0.15, 0.2) is 0 Å². The number of aryl methyl sites for hydroxylation is 1. The Morgan fingerprint density at radius 3 is 1.90 bits per heavy atom. The Hall–Kier alpha value is -6.71. The van der Waals surface area contributed by atoms with E-state index in [0.717, 1.165) is 16.7 Å². The van der Waals surface area contributed by atoms with Gasteiger partial charge < -0.3 is 63.0 Å². The zero-order valence-electron chi connectivity index (χ0n) is 43.1. The number of amides is 7. The Bertz CT molecular complexity index is 2370. The molecule has 2 aromatic rings. The minimum atomic E-state index is -4.31. The molecule has 2 rings (SSSR count). The average Bonchev–Trinajstić information content (AvgIpc) is 3.25. The number of benzene rings is 1. The SMILES string of the molecule is CC/C(CC(C)N(C)c1ccnc(N(C(=O)C[C@H](N)C(=O)N[C@H](CCNC(=O)OC(C)(C)C)C(=O)N[C@H](C(=O)N[C@@H](CCNC(=O)OC(C)(C)C)C(N)=O)[C@@H](C)O)c2ccc(C)c(S(N)(=O)=O)c2)n1)=N\NC. The second-order valence-corrected chi connectivity index (χ2v) is 20.4. The molecule has 1 heterocycles. The van der Waals surface area contributed by atoms with Crippen LogP contribution in [0.15, 0.2) is 40.5 Å². The van der Waals surface area contributed by atoms with E-state index in [0.29, 0.717) is 18.7 Å². The number of sulfonamides is 1. The first-order valence-electron chi connectivity index (χ1n) is 23.1. The van der Waals surface area contributed by atoms with Crippen molar-refractivity contribution < 1.29 is 56.6 Å². The zero-order chi connectivity index (χ0) is 54.9. The lowest BCUT2D eigenvalue weighted by atomic mass is 10.1. The number of primary sulfonamides is 1. The summed E-state index contributed by atoms with van der Waals surface area (Å²) in [5.41, 5.74) is 14.1. The lowest BCUT2D eigenvalue weighted by Crippen LogP contribution is -2.60. The predicted octanol–water partition coefficient (Wildman–Crippen LogP) is 0.165. The van der Waals surface area contributed by atoms with Crippen molar-refractivity contribution in [1.82, 2.24) is 42.0 Å². The number of hydrazone groups is 1. The number of aliphatic hydroxyl groups is 1. The smallest absolute Gasteiger partial charge is 0.407 e. The maximum Gasteiger partial charge on any atom is 0.407 e. The molecule has 1 aromatic carbocycles. The Labute approximate surface area is 420 Å². The number of carbonyl (C=O) groups excluding carboxylic acids is 7. The molecule has 7 amide bonds. The second kappa shape index (κ2) is 27.2. The van der Waals surface area contributed by atoms with Gasteiger partial charge in [0.1, 0.15) is 35.1 Å². The molecule has 0 bridgehead atoms. The zero-order valence-corrected chi connectivity index (χ0v) is 43.9. The number of nitrogens with two attached hydrogens (primary N) is 3. The fourth-order valence-electron chi connectivity index (χ4n) is 6.57. The number of primary amides is 1. The minimum absolute atomic E-state index is 0.0460. The van der Waals surface area contributed by atoms with Crippen LogP contribution in [0.3, 0.4) is 0 Å². The highest BCUT2D eigenvalue weighted by atomic mass is 32.2.